The number of aromatic amines is 1. The van der Waals surface area contributed by atoms with Crippen LogP contribution in [0.4, 0.5) is 0 Å². The maximum Gasteiger partial charge on any atom is 0.223 e. The first kappa shape index (κ1) is 13.3. The van der Waals surface area contributed by atoms with Gasteiger partial charge in [-0.2, -0.15) is 0 Å². The number of H-pyrrole nitrogens is 1. The van der Waals surface area contributed by atoms with Crippen LogP contribution in [0.2, 0.25) is 0 Å². The number of hydrogen-bond acceptors (Lipinski definition) is 4. The van der Waals surface area contributed by atoms with Crippen LogP contribution in [0.5, 0.6) is 5.75 Å². The van der Waals surface area contributed by atoms with E-state index >= 15 is 0 Å². The molecule has 1 unspecified atom stereocenters. The van der Waals surface area contributed by atoms with Gasteiger partial charge in [0.15, 0.2) is 12.0 Å². The molecule has 0 spiro atoms. The highest BCUT2D eigenvalue weighted by Crippen LogP contribution is 2.11. The van der Waals surface area contributed by atoms with E-state index in [0.29, 0.717) is 12.3 Å². The quantitative estimate of drug-likeness (QED) is 0.802. The maximum absolute atomic E-state index is 11.8. The molecule has 0 radical (unpaired) electrons. The summed E-state index contributed by atoms with van der Waals surface area (Å²) in [6.07, 6.45) is 0.277. The number of rotatable bonds is 5. The molecule has 1 aromatic heterocycles. The third-order valence-corrected chi connectivity index (χ3v) is 2.63. The van der Waals surface area contributed by atoms with E-state index in [0.717, 1.165) is 5.56 Å². The third-order valence-electron chi connectivity index (χ3n) is 2.63. The monoisotopic (exact) mass is 261 g/mol. The number of aliphatic hydroxyl groups is 1. The summed E-state index contributed by atoms with van der Waals surface area (Å²) < 4.78 is 10.1. The fourth-order valence-corrected chi connectivity index (χ4v) is 1.59. The van der Waals surface area contributed by atoms with E-state index in [2.05, 4.69) is 4.98 Å². The number of pyridine rings is 1. The molecule has 0 saturated heterocycles. The first-order valence-electron chi connectivity index (χ1n) is 5.81. The van der Waals surface area contributed by atoms with Gasteiger partial charge in [0.05, 0.1) is 5.69 Å². The van der Waals surface area contributed by atoms with E-state index in [1.54, 1.807) is 0 Å². The Kier molecular flexibility index (Phi) is 4.33. The summed E-state index contributed by atoms with van der Waals surface area (Å²) in [6.45, 7) is 0.316. The number of methoxy groups -OCH3 is 1. The lowest BCUT2D eigenvalue weighted by atomic mass is 10.2. The van der Waals surface area contributed by atoms with E-state index < -0.39 is 6.29 Å². The Morgan fingerprint density at radius 3 is 2.68 bits per heavy atom. The van der Waals surface area contributed by atoms with Gasteiger partial charge in [-0.05, 0) is 5.56 Å². The van der Waals surface area contributed by atoms with Crippen molar-refractivity contribution in [1.29, 1.82) is 0 Å². The Bertz CT molecular complexity index is 579. The minimum atomic E-state index is -1.14. The molecule has 0 aliphatic rings. The van der Waals surface area contributed by atoms with Crippen molar-refractivity contribution >= 4 is 0 Å². The van der Waals surface area contributed by atoms with E-state index in [4.69, 9.17) is 9.47 Å². The normalized spacial score (nSPS) is 12.1. The van der Waals surface area contributed by atoms with Crippen LogP contribution < -0.4 is 10.2 Å². The van der Waals surface area contributed by atoms with Crippen molar-refractivity contribution in [2.45, 2.75) is 12.9 Å². The Morgan fingerprint density at radius 1 is 1.32 bits per heavy atom. The van der Waals surface area contributed by atoms with Gasteiger partial charge in [0.1, 0.15) is 6.61 Å². The fraction of sp³-hybridized carbons (Fsp3) is 0.214. The molecule has 2 rings (SSSR count). The maximum atomic E-state index is 11.8. The molecule has 0 aliphatic heterocycles. The van der Waals surface area contributed by atoms with Gasteiger partial charge in [-0.15, -0.1) is 0 Å². The van der Waals surface area contributed by atoms with Gasteiger partial charge in [-0.1, -0.05) is 30.3 Å². The molecule has 1 heterocycles. The minimum absolute atomic E-state index is 0.205. The van der Waals surface area contributed by atoms with E-state index in [9.17, 15) is 9.90 Å². The number of aromatic nitrogens is 1. The molecule has 100 valence electrons. The second kappa shape index (κ2) is 6.17. The summed E-state index contributed by atoms with van der Waals surface area (Å²) in [4.78, 5) is 14.5. The van der Waals surface area contributed by atoms with E-state index in [1.807, 2.05) is 30.3 Å². The Balaban J connectivity index is 2.08. The van der Waals surface area contributed by atoms with Gasteiger partial charge in [0.25, 0.3) is 0 Å². The predicted octanol–water partition coefficient (Wildman–Crippen LogP) is 1.59. The molecule has 0 bridgehead atoms. The summed E-state index contributed by atoms with van der Waals surface area (Å²) in [6, 6.07) is 10.8. The highest BCUT2D eigenvalue weighted by atomic mass is 16.6. The van der Waals surface area contributed by atoms with Crippen LogP contribution >= 0.6 is 0 Å². The Labute approximate surface area is 110 Å². The molecule has 0 amide bonds. The van der Waals surface area contributed by atoms with Crippen molar-refractivity contribution in [2.24, 2.45) is 0 Å². The average molecular weight is 261 g/mol. The average Bonchev–Trinajstić information content (AvgIpc) is 2.46. The molecular formula is C14H15NO4. The fourth-order valence-electron chi connectivity index (χ4n) is 1.59. The lowest BCUT2D eigenvalue weighted by Crippen LogP contribution is -2.12. The lowest BCUT2D eigenvalue weighted by molar-refractivity contribution is -0.0799. The highest BCUT2D eigenvalue weighted by Gasteiger charge is 2.09. The van der Waals surface area contributed by atoms with E-state index in [-0.39, 0.29) is 11.2 Å². The van der Waals surface area contributed by atoms with Crippen LogP contribution in [0.3, 0.4) is 0 Å². The molecule has 0 fully saturated rings. The van der Waals surface area contributed by atoms with Crippen LogP contribution in [0.25, 0.3) is 0 Å². The SMILES string of the molecule is COC(O)c1cc(=O)c(OCc2ccccc2)c[nH]1. The van der Waals surface area contributed by atoms with Crippen LogP contribution in [0.15, 0.2) is 47.4 Å². The second-order valence-electron chi connectivity index (χ2n) is 3.98. The zero-order chi connectivity index (χ0) is 13.7. The van der Waals surface area contributed by atoms with Gasteiger partial charge in [-0.3, -0.25) is 4.79 Å². The summed E-state index contributed by atoms with van der Waals surface area (Å²) in [5.74, 6) is 0.205. The standard InChI is InChI=1S/C14H15NO4/c1-18-14(17)11-7-12(16)13(8-15-11)19-9-10-5-3-2-4-6-10/h2-8,14,17H,9H2,1H3,(H,15,16). The van der Waals surface area contributed by atoms with Crippen molar-refractivity contribution < 1.29 is 14.6 Å². The summed E-state index contributed by atoms with van der Waals surface area (Å²) >= 11 is 0. The first-order valence-corrected chi connectivity index (χ1v) is 5.81. The van der Waals surface area contributed by atoms with Crippen molar-refractivity contribution in [3.05, 3.63) is 64.1 Å². The molecule has 2 aromatic rings. The smallest absolute Gasteiger partial charge is 0.223 e. The van der Waals surface area contributed by atoms with Crippen molar-refractivity contribution in [3.8, 4) is 5.75 Å². The molecule has 1 aromatic carbocycles. The van der Waals surface area contributed by atoms with Crippen LogP contribution in [0, 0.1) is 0 Å². The Hall–Kier alpha value is -2.11. The lowest BCUT2D eigenvalue weighted by Gasteiger charge is -2.10. The van der Waals surface area contributed by atoms with Crippen molar-refractivity contribution in [3.63, 3.8) is 0 Å². The Morgan fingerprint density at radius 2 is 2.05 bits per heavy atom. The minimum Gasteiger partial charge on any atom is -0.483 e. The number of benzene rings is 1. The van der Waals surface area contributed by atoms with Gasteiger partial charge >= 0.3 is 0 Å². The predicted molar refractivity (Wildman–Crippen MR) is 69.8 cm³/mol. The highest BCUT2D eigenvalue weighted by molar-refractivity contribution is 5.22. The van der Waals surface area contributed by atoms with Gasteiger partial charge in [0, 0.05) is 19.4 Å². The molecule has 2 N–H and O–H groups in total. The topological polar surface area (TPSA) is 71.6 Å². The van der Waals surface area contributed by atoms with Crippen LogP contribution in [-0.2, 0) is 11.3 Å². The number of nitrogens with one attached hydrogen (secondary N) is 1. The first-order chi connectivity index (χ1) is 9.20. The van der Waals surface area contributed by atoms with Crippen LogP contribution in [0.1, 0.15) is 17.5 Å². The second-order valence-corrected chi connectivity index (χ2v) is 3.98. The number of hydrogen-bond donors (Lipinski definition) is 2. The number of ether oxygens (including phenoxy) is 2. The molecule has 0 saturated carbocycles. The number of aliphatic hydroxyl groups excluding tert-OH is 1. The third kappa shape index (κ3) is 3.43. The summed E-state index contributed by atoms with van der Waals surface area (Å²) in [5.41, 5.74) is 0.961. The largest absolute Gasteiger partial charge is 0.483 e. The van der Waals surface area contributed by atoms with Gasteiger partial charge in [-0.25, -0.2) is 0 Å². The molecule has 5 nitrogen and oxygen atoms in total. The van der Waals surface area contributed by atoms with Gasteiger partial charge < -0.3 is 19.6 Å². The molecular weight excluding hydrogens is 246 g/mol. The zero-order valence-corrected chi connectivity index (χ0v) is 10.5. The molecule has 5 heteroatoms. The summed E-state index contributed by atoms with van der Waals surface area (Å²) in [5, 5.41) is 9.42. The van der Waals surface area contributed by atoms with E-state index in [1.165, 1.54) is 19.4 Å². The molecule has 19 heavy (non-hydrogen) atoms. The zero-order valence-electron chi connectivity index (χ0n) is 10.5. The van der Waals surface area contributed by atoms with Gasteiger partial charge in [0.2, 0.25) is 5.43 Å². The van der Waals surface area contributed by atoms with Crippen LogP contribution in [-0.4, -0.2) is 17.2 Å². The molecule has 1 atom stereocenters. The summed E-state index contributed by atoms with van der Waals surface area (Å²) in [7, 11) is 1.35. The van der Waals surface area contributed by atoms with Crippen molar-refractivity contribution in [1.82, 2.24) is 4.98 Å². The van der Waals surface area contributed by atoms with Crippen molar-refractivity contribution in [2.75, 3.05) is 7.11 Å². The molecule has 0 aliphatic carbocycles.